The lowest BCUT2D eigenvalue weighted by atomic mass is 9.35. The molecule has 6 unspecified atom stereocenters. The molecule has 6 atom stereocenters. The second-order valence-electron chi connectivity index (χ2n) is 12.4. The predicted octanol–water partition coefficient (Wildman–Crippen LogP) is 6.13. The summed E-state index contributed by atoms with van der Waals surface area (Å²) in [5.41, 5.74) is 5.22. The average Bonchev–Trinajstić information content (AvgIpc) is 2.70. The molecule has 0 aromatic heterocycles. The molecule has 1 heteroatoms. The van der Waals surface area contributed by atoms with Gasteiger partial charge < -0.3 is 5.11 Å². The Morgan fingerprint density at radius 3 is 2.47 bits per heavy atom. The summed E-state index contributed by atoms with van der Waals surface area (Å²) in [5.74, 6) is 2.05. The molecule has 0 spiro atoms. The van der Waals surface area contributed by atoms with Gasteiger partial charge in [-0.25, -0.2) is 0 Å². The molecule has 0 heterocycles. The molecule has 4 aliphatic rings. The number of hydrogen-bond donors (Lipinski definition) is 1. The van der Waals surface area contributed by atoms with Crippen LogP contribution in [0.3, 0.4) is 0 Å². The molecule has 3 fully saturated rings. The highest BCUT2D eigenvalue weighted by Crippen LogP contribution is 2.73. The van der Waals surface area contributed by atoms with Gasteiger partial charge in [-0.2, -0.15) is 0 Å². The molecule has 0 saturated heterocycles. The fourth-order valence-electron chi connectivity index (χ4n) is 8.61. The Kier molecular flexibility index (Phi) is 4.11. The molecule has 5 rings (SSSR count). The molecule has 0 radical (unpaired) electrons. The Bertz CT molecular complexity index is 1060. The van der Waals surface area contributed by atoms with Crippen molar-refractivity contribution in [2.45, 2.75) is 91.9 Å². The Labute approximate surface area is 183 Å². The number of phenols is 1. The van der Waals surface area contributed by atoms with Gasteiger partial charge in [-0.05, 0) is 95.9 Å². The van der Waals surface area contributed by atoms with E-state index in [-0.39, 0.29) is 10.8 Å². The van der Waals surface area contributed by atoms with Crippen molar-refractivity contribution in [2.75, 3.05) is 0 Å². The van der Waals surface area contributed by atoms with Gasteiger partial charge >= 0.3 is 0 Å². The van der Waals surface area contributed by atoms with Crippen molar-refractivity contribution in [3.05, 3.63) is 39.3 Å². The molecule has 30 heavy (non-hydrogen) atoms. The first kappa shape index (κ1) is 20.4. The molecule has 1 nitrogen and oxygen atoms in total. The van der Waals surface area contributed by atoms with Gasteiger partial charge in [0.15, 0.2) is 0 Å². The Balaban J connectivity index is 1.70. The van der Waals surface area contributed by atoms with Gasteiger partial charge in [0.05, 0.1) is 0 Å². The fourth-order valence-corrected chi connectivity index (χ4v) is 8.61. The summed E-state index contributed by atoms with van der Waals surface area (Å²) in [6.07, 6.45) is 14.2. The van der Waals surface area contributed by atoms with E-state index >= 15 is 0 Å². The van der Waals surface area contributed by atoms with Crippen LogP contribution in [0.1, 0.15) is 90.7 Å². The normalized spacial score (nSPS) is 44.7. The second kappa shape index (κ2) is 6.05. The zero-order valence-electron chi connectivity index (χ0n) is 20.0. The number of fused-ring (bicyclic) bond motifs is 7. The van der Waals surface area contributed by atoms with E-state index in [0.29, 0.717) is 16.6 Å². The molecule has 4 aliphatic carbocycles. The van der Waals surface area contributed by atoms with Crippen molar-refractivity contribution in [3.63, 3.8) is 0 Å². The average molecular weight is 405 g/mol. The first-order valence-electron chi connectivity index (χ1n) is 12.2. The van der Waals surface area contributed by atoms with Crippen LogP contribution in [0.4, 0.5) is 0 Å². The number of rotatable bonds is 0. The van der Waals surface area contributed by atoms with Crippen molar-refractivity contribution >= 4 is 12.7 Å². The van der Waals surface area contributed by atoms with Crippen LogP contribution in [0.2, 0.25) is 0 Å². The molecule has 1 aromatic rings. The minimum absolute atomic E-state index is 0.0528. The maximum atomic E-state index is 10.5. The van der Waals surface area contributed by atoms with E-state index in [9.17, 15) is 5.11 Å². The van der Waals surface area contributed by atoms with Gasteiger partial charge in [-0.15, -0.1) is 0 Å². The van der Waals surface area contributed by atoms with E-state index in [0.717, 1.165) is 22.6 Å². The molecule has 162 valence electrons. The summed E-state index contributed by atoms with van der Waals surface area (Å²) >= 11 is 0. The number of aromatic hydroxyl groups is 1. The van der Waals surface area contributed by atoms with Crippen LogP contribution in [0.15, 0.2) is 17.7 Å². The van der Waals surface area contributed by atoms with Crippen molar-refractivity contribution in [2.24, 2.45) is 28.1 Å². The number of benzene rings is 1. The first-order valence-corrected chi connectivity index (χ1v) is 12.2. The summed E-state index contributed by atoms with van der Waals surface area (Å²) in [6.45, 7) is 19.0. The van der Waals surface area contributed by atoms with Gasteiger partial charge in [0.2, 0.25) is 0 Å². The topological polar surface area (TPSA) is 20.2 Å². The largest absolute Gasteiger partial charge is 0.507 e. The molecular formula is C29H40O. The standard InChI is InChI=1S/C29H40O/c1-18-10-11-26(4)12-14-28(6)23-9-8-21-20(3)25(30)19(2)17-22(21)27(23,5)13-15-29(28,7)24(26)16-18/h8-9,17-18,24,30H,2,10-16H2,1,3-7H3. The zero-order chi connectivity index (χ0) is 21.7. The summed E-state index contributed by atoms with van der Waals surface area (Å²) in [7, 11) is 0. The van der Waals surface area contributed by atoms with Gasteiger partial charge in [-0.1, -0.05) is 65.3 Å². The minimum Gasteiger partial charge on any atom is -0.507 e. The van der Waals surface area contributed by atoms with Crippen LogP contribution in [-0.4, -0.2) is 5.11 Å². The van der Waals surface area contributed by atoms with Gasteiger partial charge in [0.1, 0.15) is 5.75 Å². The predicted molar refractivity (Wildman–Crippen MR) is 127 cm³/mol. The van der Waals surface area contributed by atoms with Crippen LogP contribution in [0.25, 0.3) is 12.7 Å². The van der Waals surface area contributed by atoms with Gasteiger partial charge in [-0.3, -0.25) is 0 Å². The second-order valence-corrected chi connectivity index (χ2v) is 12.4. The Morgan fingerprint density at radius 2 is 1.73 bits per heavy atom. The SMILES string of the molecule is C=c1cc2c(c(C)c1O)=CC=C1C2(C)CCC2(C)C3CC(C)CCC3(C)CCC12C. The first-order chi connectivity index (χ1) is 14.0. The highest BCUT2D eigenvalue weighted by atomic mass is 16.3. The number of hydrogen-bond acceptors (Lipinski definition) is 1. The van der Waals surface area contributed by atoms with E-state index in [2.05, 4.69) is 59.4 Å². The number of allylic oxidation sites excluding steroid dienone is 2. The highest BCUT2D eigenvalue weighted by Gasteiger charge is 2.65. The summed E-state index contributed by atoms with van der Waals surface area (Å²) in [5, 5.41) is 12.5. The zero-order valence-corrected chi connectivity index (χ0v) is 20.0. The molecule has 0 aliphatic heterocycles. The number of phenolic OH excluding ortho intramolecular Hbond substituents is 1. The van der Waals surface area contributed by atoms with Crippen molar-refractivity contribution < 1.29 is 5.11 Å². The smallest absolute Gasteiger partial charge is 0.125 e. The van der Waals surface area contributed by atoms with Gasteiger partial charge in [0, 0.05) is 10.6 Å². The third-order valence-corrected chi connectivity index (χ3v) is 10.9. The van der Waals surface area contributed by atoms with Crippen molar-refractivity contribution in [1.29, 1.82) is 0 Å². The van der Waals surface area contributed by atoms with E-state index in [1.807, 2.05) is 6.92 Å². The van der Waals surface area contributed by atoms with Gasteiger partial charge in [0.25, 0.3) is 0 Å². The Morgan fingerprint density at radius 1 is 1.00 bits per heavy atom. The van der Waals surface area contributed by atoms with Crippen LogP contribution in [-0.2, 0) is 5.41 Å². The quantitative estimate of drug-likeness (QED) is 0.551. The van der Waals surface area contributed by atoms with Crippen molar-refractivity contribution in [3.8, 4) is 5.75 Å². The van der Waals surface area contributed by atoms with E-state index in [1.54, 1.807) is 5.57 Å². The molecule has 1 aromatic carbocycles. The molecule has 1 N–H and O–H groups in total. The summed E-state index contributed by atoms with van der Waals surface area (Å²) in [4.78, 5) is 0. The van der Waals surface area contributed by atoms with Crippen LogP contribution >= 0.6 is 0 Å². The lowest BCUT2D eigenvalue weighted by molar-refractivity contribution is -0.145. The van der Waals surface area contributed by atoms with Crippen LogP contribution in [0, 0.1) is 35.0 Å². The molecular weight excluding hydrogens is 364 g/mol. The lowest BCUT2D eigenvalue weighted by Crippen LogP contribution is -2.61. The molecule has 3 saturated carbocycles. The fraction of sp³-hybridized carbons (Fsp3) is 0.655. The van der Waals surface area contributed by atoms with Crippen molar-refractivity contribution in [1.82, 2.24) is 0 Å². The van der Waals surface area contributed by atoms with Crippen LogP contribution in [0.5, 0.6) is 5.75 Å². The summed E-state index contributed by atoms with van der Waals surface area (Å²) < 4.78 is 0. The van der Waals surface area contributed by atoms with E-state index in [4.69, 9.17) is 0 Å². The monoisotopic (exact) mass is 404 g/mol. The summed E-state index contributed by atoms with van der Waals surface area (Å²) in [6, 6.07) is 2.18. The van der Waals surface area contributed by atoms with Crippen LogP contribution < -0.4 is 10.4 Å². The third kappa shape index (κ3) is 2.30. The lowest BCUT2D eigenvalue weighted by Gasteiger charge is -2.69. The highest BCUT2D eigenvalue weighted by molar-refractivity contribution is 5.60. The third-order valence-electron chi connectivity index (χ3n) is 10.9. The molecule has 0 amide bonds. The maximum Gasteiger partial charge on any atom is 0.125 e. The van der Waals surface area contributed by atoms with E-state index in [1.165, 1.54) is 55.7 Å². The maximum absolute atomic E-state index is 10.5. The Hall–Kier alpha value is -1.50. The molecule has 0 bridgehead atoms. The minimum atomic E-state index is 0.0528. The van der Waals surface area contributed by atoms with E-state index < -0.39 is 0 Å².